The van der Waals surface area contributed by atoms with Crippen LogP contribution >= 0.6 is 0 Å². The van der Waals surface area contributed by atoms with Gasteiger partial charge in [0.25, 0.3) is 0 Å². The molecule has 21 heavy (non-hydrogen) atoms. The fourth-order valence-electron chi connectivity index (χ4n) is 1.67. The van der Waals surface area contributed by atoms with E-state index in [1.165, 1.54) is 0 Å². The summed E-state index contributed by atoms with van der Waals surface area (Å²) >= 11 is 0. The standard InChI is InChI=1S/C16H25NO4/c1-4-20-16(18)14-11-13(17)5-6-15(14)21-10-9-19-8-7-12(2)3/h5-6,11-12H,4,7-10,17H2,1-3H3. The van der Waals surface area contributed by atoms with Crippen molar-refractivity contribution in [2.75, 3.05) is 32.2 Å². The molecule has 0 aliphatic carbocycles. The Labute approximate surface area is 126 Å². The van der Waals surface area contributed by atoms with Gasteiger partial charge in [0.1, 0.15) is 17.9 Å². The van der Waals surface area contributed by atoms with Gasteiger partial charge in [-0.1, -0.05) is 13.8 Å². The maximum atomic E-state index is 11.8. The molecule has 0 aliphatic rings. The Hall–Kier alpha value is -1.75. The number of hydrogen-bond donors (Lipinski definition) is 1. The SMILES string of the molecule is CCOC(=O)c1cc(N)ccc1OCCOCCC(C)C. The van der Waals surface area contributed by atoms with Crippen molar-refractivity contribution in [2.45, 2.75) is 27.2 Å². The van der Waals surface area contributed by atoms with Crippen LogP contribution in [0.25, 0.3) is 0 Å². The third-order valence-corrected chi connectivity index (χ3v) is 2.82. The molecular formula is C16H25NO4. The molecule has 0 bridgehead atoms. The van der Waals surface area contributed by atoms with Gasteiger partial charge < -0.3 is 19.9 Å². The smallest absolute Gasteiger partial charge is 0.341 e. The number of esters is 1. The summed E-state index contributed by atoms with van der Waals surface area (Å²) in [6.45, 7) is 7.96. The van der Waals surface area contributed by atoms with Gasteiger partial charge in [-0.2, -0.15) is 0 Å². The number of hydrogen-bond acceptors (Lipinski definition) is 5. The lowest BCUT2D eigenvalue weighted by Crippen LogP contribution is -2.12. The normalized spacial score (nSPS) is 10.7. The Kier molecular flexibility index (Phi) is 7.61. The van der Waals surface area contributed by atoms with Crippen LogP contribution in [-0.4, -0.2) is 32.4 Å². The van der Waals surface area contributed by atoms with Gasteiger partial charge in [-0.3, -0.25) is 0 Å². The molecule has 0 saturated carbocycles. The number of nitrogens with two attached hydrogens (primary N) is 1. The van der Waals surface area contributed by atoms with Crippen molar-refractivity contribution in [2.24, 2.45) is 5.92 Å². The highest BCUT2D eigenvalue weighted by atomic mass is 16.5. The molecule has 0 fully saturated rings. The molecule has 0 saturated heterocycles. The molecule has 0 heterocycles. The van der Waals surface area contributed by atoms with Gasteiger partial charge in [0, 0.05) is 12.3 Å². The van der Waals surface area contributed by atoms with E-state index >= 15 is 0 Å². The minimum atomic E-state index is -0.430. The number of carbonyl (C=O) groups is 1. The molecule has 0 amide bonds. The lowest BCUT2D eigenvalue weighted by Gasteiger charge is -2.12. The molecule has 0 spiro atoms. The van der Waals surface area contributed by atoms with Gasteiger partial charge in [0.2, 0.25) is 0 Å². The number of ether oxygens (including phenoxy) is 3. The van der Waals surface area contributed by atoms with Crippen molar-refractivity contribution in [3.63, 3.8) is 0 Å². The second-order valence-electron chi connectivity index (χ2n) is 5.12. The Morgan fingerprint density at radius 2 is 2.00 bits per heavy atom. The Morgan fingerprint density at radius 3 is 2.67 bits per heavy atom. The van der Waals surface area contributed by atoms with Crippen molar-refractivity contribution in [3.8, 4) is 5.75 Å². The maximum Gasteiger partial charge on any atom is 0.341 e. The first-order valence-electron chi connectivity index (χ1n) is 7.31. The number of rotatable bonds is 9. The van der Waals surface area contributed by atoms with Crippen LogP contribution in [0.15, 0.2) is 18.2 Å². The zero-order valence-electron chi connectivity index (χ0n) is 13.1. The molecule has 0 unspecified atom stereocenters. The van der Waals surface area contributed by atoms with E-state index < -0.39 is 5.97 Å². The molecular weight excluding hydrogens is 270 g/mol. The maximum absolute atomic E-state index is 11.8. The summed E-state index contributed by atoms with van der Waals surface area (Å²) in [6, 6.07) is 4.93. The van der Waals surface area contributed by atoms with Crippen LogP contribution in [0.5, 0.6) is 5.75 Å². The fraction of sp³-hybridized carbons (Fsp3) is 0.562. The predicted octanol–water partition coefficient (Wildman–Crippen LogP) is 2.89. The highest BCUT2D eigenvalue weighted by Crippen LogP contribution is 2.22. The molecule has 0 atom stereocenters. The first-order valence-corrected chi connectivity index (χ1v) is 7.31. The van der Waals surface area contributed by atoms with Crippen LogP contribution in [0.1, 0.15) is 37.6 Å². The second kappa shape index (κ2) is 9.23. The van der Waals surface area contributed by atoms with Crippen LogP contribution in [0, 0.1) is 5.92 Å². The van der Waals surface area contributed by atoms with E-state index in [0.29, 0.717) is 49.3 Å². The first kappa shape index (κ1) is 17.3. The van der Waals surface area contributed by atoms with E-state index in [2.05, 4.69) is 13.8 Å². The van der Waals surface area contributed by atoms with E-state index in [1.54, 1.807) is 25.1 Å². The zero-order chi connectivity index (χ0) is 15.7. The van der Waals surface area contributed by atoms with Crippen LogP contribution in [0.4, 0.5) is 5.69 Å². The van der Waals surface area contributed by atoms with Crippen molar-refractivity contribution < 1.29 is 19.0 Å². The van der Waals surface area contributed by atoms with Gasteiger partial charge in [0.15, 0.2) is 0 Å². The Balaban J connectivity index is 2.48. The summed E-state index contributed by atoms with van der Waals surface area (Å²) in [7, 11) is 0. The van der Waals surface area contributed by atoms with E-state index in [9.17, 15) is 4.79 Å². The zero-order valence-corrected chi connectivity index (χ0v) is 13.1. The van der Waals surface area contributed by atoms with Gasteiger partial charge >= 0.3 is 5.97 Å². The monoisotopic (exact) mass is 295 g/mol. The fourth-order valence-corrected chi connectivity index (χ4v) is 1.67. The lowest BCUT2D eigenvalue weighted by molar-refractivity contribution is 0.0516. The van der Waals surface area contributed by atoms with Gasteiger partial charge in [-0.15, -0.1) is 0 Å². The molecule has 5 nitrogen and oxygen atoms in total. The molecule has 118 valence electrons. The van der Waals surface area contributed by atoms with Gasteiger partial charge in [-0.05, 0) is 37.5 Å². The van der Waals surface area contributed by atoms with E-state index in [4.69, 9.17) is 19.9 Å². The molecule has 1 aromatic rings. The highest BCUT2D eigenvalue weighted by Gasteiger charge is 2.14. The number of anilines is 1. The van der Waals surface area contributed by atoms with Gasteiger partial charge in [0.05, 0.1) is 13.2 Å². The Bertz CT molecular complexity index is 446. The van der Waals surface area contributed by atoms with Crippen molar-refractivity contribution in [1.82, 2.24) is 0 Å². The van der Waals surface area contributed by atoms with Crippen LogP contribution in [0.3, 0.4) is 0 Å². The molecule has 0 aromatic heterocycles. The molecule has 1 aromatic carbocycles. The van der Waals surface area contributed by atoms with Gasteiger partial charge in [-0.25, -0.2) is 4.79 Å². The molecule has 0 aliphatic heterocycles. The lowest BCUT2D eigenvalue weighted by atomic mass is 10.1. The summed E-state index contributed by atoms with van der Waals surface area (Å²) in [4.78, 5) is 11.8. The number of nitrogen functional groups attached to an aromatic ring is 1. The largest absolute Gasteiger partial charge is 0.490 e. The number of benzene rings is 1. The summed E-state index contributed by atoms with van der Waals surface area (Å²) in [6.07, 6.45) is 1.02. The first-order chi connectivity index (χ1) is 10.0. The summed E-state index contributed by atoms with van der Waals surface area (Å²) in [5, 5.41) is 0. The molecule has 1 rings (SSSR count). The summed E-state index contributed by atoms with van der Waals surface area (Å²) in [5.41, 5.74) is 6.54. The minimum Gasteiger partial charge on any atom is -0.490 e. The van der Waals surface area contributed by atoms with E-state index in [-0.39, 0.29) is 0 Å². The topological polar surface area (TPSA) is 70.8 Å². The molecule has 2 N–H and O–H groups in total. The Morgan fingerprint density at radius 1 is 1.24 bits per heavy atom. The second-order valence-corrected chi connectivity index (χ2v) is 5.12. The number of carbonyl (C=O) groups excluding carboxylic acids is 1. The predicted molar refractivity (Wildman–Crippen MR) is 82.6 cm³/mol. The quantitative estimate of drug-likeness (QED) is 0.431. The summed E-state index contributed by atoms with van der Waals surface area (Å²) < 4.78 is 16.0. The highest BCUT2D eigenvalue weighted by molar-refractivity contribution is 5.93. The van der Waals surface area contributed by atoms with E-state index in [0.717, 1.165) is 6.42 Å². The summed E-state index contributed by atoms with van der Waals surface area (Å²) in [5.74, 6) is 0.661. The van der Waals surface area contributed by atoms with Crippen LogP contribution in [-0.2, 0) is 9.47 Å². The third kappa shape index (κ3) is 6.49. The van der Waals surface area contributed by atoms with Crippen LogP contribution < -0.4 is 10.5 Å². The van der Waals surface area contributed by atoms with Crippen LogP contribution in [0.2, 0.25) is 0 Å². The average Bonchev–Trinajstić information content (AvgIpc) is 2.43. The average molecular weight is 295 g/mol. The molecule has 5 heteroatoms. The van der Waals surface area contributed by atoms with Crippen molar-refractivity contribution in [3.05, 3.63) is 23.8 Å². The molecule has 0 radical (unpaired) electrons. The van der Waals surface area contributed by atoms with Crippen molar-refractivity contribution in [1.29, 1.82) is 0 Å². The van der Waals surface area contributed by atoms with E-state index in [1.807, 2.05) is 0 Å². The minimum absolute atomic E-state index is 0.311. The van der Waals surface area contributed by atoms with Crippen molar-refractivity contribution >= 4 is 11.7 Å². The third-order valence-electron chi connectivity index (χ3n) is 2.82.